The molecular weight excluding hydrogens is 313 g/mol. The summed E-state index contributed by atoms with van der Waals surface area (Å²) in [4.78, 5) is 12.7. The maximum absolute atomic E-state index is 13.4. The molecule has 0 saturated heterocycles. The molecule has 118 valence electrons. The van der Waals surface area contributed by atoms with Gasteiger partial charge in [0.05, 0.1) is 12.1 Å². The van der Waals surface area contributed by atoms with Gasteiger partial charge in [-0.15, -0.1) is 11.3 Å². The highest BCUT2D eigenvalue weighted by Gasteiger charge is 2.57. The molecule has 1 aliphatic carbocycles. The van der Waals surface area contributed by atoms with E-state index >= 15 is 0 Å². The summed E-state index contributed by atoms with van der Waals surface area (Å²) < 4.78 is 13.4. The lowest BCUT2D eigenvalue weighted by Gasteiger charge is -2.16. The Bertz CT molecular complexity index is 755. The van der Waals surface area contributed by atoms with Crippen molar-refractivity contribution in [3.05, 3.63) is 58.0 Å². The van der Waals surface area contributed by atoms with Crippen LogP contribution < -0.4 is 11.1 Å². The van der Waals surface area contributed by atoms with Crippen LogP contribution in [0.25, 0.3) is 0 Å². The van der Waals surface area contributed by atoms with Crippen molar-refractivity contribution in [2.45, 2.75) is 30.3 Å². The molecule has 1 amide bonds. The molecule has 1 fully saturated rings. The summed E-state index contributed by atoms with van der Waals surface area (Å²) in [7, 11) is 0. The van der Waals surface area contributed by atoms with Crippen LogP contribution in [0.15, 0.2) is 41.8 Å². The first-order chi connectivity index (χ1) is 11.1. The Labute approximate surface area is 137 Å². The smallest absolute Gasteiger partial charge is 0.238 e. The van der Waals surface area contributed by atoms with E-state index in [9.17, 15) is 14.4 Å². The number of halogens is 1. The van der Waals surface area contributed by atoms with E-state index < -0.39 is 17.5 Å². The number of benzene rings is 1. The van der Waals surface area contributed by atoms with Crippen LogP contribution in [0.5, 0.6) is 0 Å². The zero-order chi connectivity index (χ0) is 16.4. The van der Waals surface area contributed by atoms with Crippen LogP contribution in [0.1, 0.15) is 22.8 Å². The van der Waals surface area contributed by atoms with Crippen molar-refractivity contribution in [2.75, 3.05) is 0 Å². The van der Waals surface area contributed by atoms with Crippen molar-refractivity contribution in [3.8, 4) is 6.07 Å². The minimum absolute atomic E-state index is 0.0247. The molecule has 6 heteroatoms. The molecular formula is C17H16FN3OS. The summed E-state index contributed by atoms with van der Waals surface area (Å²) >= 11 is 1.23. The van der Waals surface area contributed by atoms with Gasteiger partial charge >= 0.3 is 0 Å². The number of nitrogens with one attached hydrogen (secondary N) is 1. The van der Waals surface area contributed by atoms with E-state index in [1.165, 1.54) is 17.4 Å². The van der Waals surface area contributed by atoms with Crippen LogP contribution in [0.3, 0.4) is 0 Å². The number of carbonyl (C=O) groups is 1. The van der Waals surface area contributed by atoms with E-state index in [1.807, 2.05) is 30.3 Å². The Morgan fingerprint density at radius 1 is 1.48 bits per heavy atom. The Balaban J connectivity index is 1.65. The molecule has 4 nitrogen and oxygen atoms in total. The number of carbonyl (C=O) groups excluding carboxylic acids is 1. The van der Waals surface area contributed by atoms with Crippen molar-refractivity contribution in [1.29, 1.82) is 5.26 Å². The van der Waals surface area contributed by atoms with Crippen molar-refractivity contribution >= 4 is 17.2 Å². The largest absolute Gasteiger partial charge is 0.336 e. The lowest BCUT2D eigenvalue weighted by Crippen LogP contribution is -2.47. The topological polar surface area (TPSA) is 78.9 Å². The standard InChI is InChI=1S/C17H16FN3OS/c18-13-6-7-23-15(13)8-14(20)16(22)21-17(10-19)9-12(17)11-4-2-1-3-5-11/h1-7,12,14H,8-9,20H2,(H,21,22). The van der Waals surface area contributed by atoms with Gasteiger partial charge in [-0.3, -0.25) is 4.79 Å². The normalized spacial score (nSPS) is 23.8. The molecule has 3 rings (SSSR count). The van der Waals surface area contributed by atoms with E-state index in [1.54, 1.807) is 5.38 Å². The van der Waals surface area contributed by atoms with Crippen LogP contribution in [0.2, 0.25) is 0 Å². The average Bonchev–Trinajstić information content (AvgIpc) is 3.15. The number of amides is 1. The number of thiophene rings is 1. The Morgan fingerprint density at radius 2 is 2.22 bits per heavy atom. The van der Waals surface area contributed by atoms with Gasteiger partial charge < -0.3 is 11.1 Å². The number of nitriles is 1. The van der Waals surface area contributed by atoms with Crippen molar-refractivity contribution in [2.24, 2.45) is 5.73 Å². The number of hydrogen-bond donors (Lipinski definition) is 2. The molecule has 0 radical (unpaired) electrons. The van der Waals surface area contributed by atoms with Crippen LogP contribution in [0.4, 0.5) is 4.39 Å². The zero-order valence-corrected chi connectivity index (χ0v) is 13.1. The first-order valence-electron chi connectivity index (χ1n) is 7.31. The predicted molar refractivity (Wildman–Crippen MR) is 86.2 cm³/mol. The fraction of sp³-hybridized carbons (Fsp3) is 0.294. The Morgan fingerprint density at radius 3 is 2.83 bits per heavy atom. The highest BCUT2D eigenvalue weighted by molar-refractivity contribution is 7.09. The summed E-state index contributed by atoms with van der Waals surface area (Å²) in [5.74, 6) is -0.789. The lowest BCUT2D eigenvalue weighted by molar-refractivity contribution is -0.122. The van der Waals surface area contributed by atoms with Gasteiger partial charge in [-0.1, -0.05) is 30.3 Å². The highest BCUT2D eigenvalue weighted by Crippen LogP contribution is 2.50. The third kappa shape index (κ3) is 3.11. The molecule has 1 aliphatic rings. The Kier molecular flexibility index (Phi) is 4.16. The summed E-state index contributed by atoms with van der Waals surface area (Å²) in [5, 5.41) is 13.8. The van der Waals surface area contributed by atoms with Gasteiger partial charge in [-0.2, -0.15) is 5.26 Å². The quantitative estimate of drug-likeness (QED) is 0.883. The van der Waals surface area contributed by atoms with Gasteiger partial charge in [0.25, 0.3) is 0 Å². The number of hydrogen-bond acceptors (Lipinski definition) is 4. The lowest BCUT2D eigenvalue weighted by atomic mass is 10.1. The fourth-order valence-corrected chi connectivity index (χ4v) is 3.52. The second-order valence-electron chi connectivity index (χ2n) is 5.74. The maximum Gasteiger partial charge on any atom is 0.238 e. The summed E-state index contributed by atoms with van der Waals surface area (Å²) in [6.45, 7) is 0. The molecule has 2 aromatic rings. The van der Waals surface area contributed by atoms with Gasteiger partial charge in [0.2, 0.25) is 5.91 Å². The molecule has 1 saturated carbocycles. The van der Waals surface area contributed by atoms with Gasteiger partial charge in [0.15, 0.2) is 0 Å². The average molecular weight is 329 g/mol. The second kappa shape index (κ2) is 6.11. The predicted octanol–water partition coefficient (Wildman–Crippen LogP) is 2.32. The molecule has 3 atom stereocenters. The van der Waals surface area contributed by atoms with Crippen LogP contribution >= 0.6 is 11.3 Å². The molecule has 3 unspecified atom stereocenters. The third-order valence-corrected chi connectivity index (χ3v) is 5.06. The minimum atomic E-state index is -0.899. The van der Waals surface area contributed by atoms with Gasteiger partial charge in [0.1, 0.15) is 11.4 Å². The van der Waals surface area contributed by atoms with Gasteiger partial charge in [0, 0.05) is 17.2 Å². The molecule has 1 heterocycles. The van der Waals surface area contributed by atoms with Crippen LogP contribution in [0, 0.1) is 17.1 Å². The maximum atomic E-state index is 13.4. The van der Waals surface area contributed by atoms with Crippen LogP contribution in [-0.4, -0.2) is 17.5 Å². The van der Waals surface area contributed by atoms with E-state index in [2.05, 4.69) is 11.4 Å². The number of nitrogens with zero attached hydrogens (tertiary/aromatic N) is 1. The summed E-state index contributed by atoms with van der Waals surface area (Å²) in [6.07, 6.45) is 0.701. The second-order valence-corrected chi connectivity index (χ2v) is 6.74. The van der Waals surface area contributed by atoms with E-state index in [0.717, 1.165) is 5.56 Å². The first-order valence-corrected chi connectivity index (χ1v) is 8.19. The van der Waals surface area contributed by atoms with Crippen molar-refractivity contribution < 1.29 is 9.18 Å². The first kappa shape index (κ1) is 15.7. The summed E-state index contributed by atoms with van der Waals surface area (Å²) in [6, 6.07) is 12.3. The highest BCUT2D eigenvalue weighted by atomic mass is 32.1. The number of nitrogens with two attached hydrogens (primary N) is 1. The van der Waals surface area contributed by atoms with Crippen molar-refractivity contribution in [3.63, 3.8) is 0 Å². The zero-order valence-electron chi connectivity index (χ0n) is 12.3. The molecule has 0 bridgehead atoms. The number of rotatable bonds is 5. The molecule has 1 aromatic heterocycles. The molecule has 23 heavy (non-hydrogen) atoms. The summed E-state index contributed by atoms with van der Waals surface area (Å²) in [5.41, 5.74) is 5.99. The molecule has 0 spiro atoms. The Hall–Kier alpha value is -2.23. The monoisotopic (exact) mass is 329 g/mol. The molecule has 3 N–H and O–H groups in total. The fourth-order valence-electron chi connectivity index (χ4n) is 2.72. The third-order valence-electron chi connectivity index (χ3n) is 4.14. The molecule has 0 aliphatic heterocycles. The van der Waals surface area contributed by atoms with E-state index in [-0.39, 0.29) is 18.2 Å². The van der Waals surface area contributed by atoms with Gasteiger partial charge in [-0.05, 0) is 23.4 Å². The molecule has 1 aromatic carbocycles. The van der Waals surface area contributed by atoms with E-state index in [0.29, 0.717) is 11.3 Å². The SMILES string of the molecule is N#CC1(NC(=O)C(N)Cc2sccc2F)CC1c1ccccc1. The van der Waals surface area contributed by atoms with E-state index in [4.69, 9.17) is 5.73 Å². The van der Waals surface area contributed by atoms with Gasteiger partial charge in [-0.25, -0.2) is 4.39 Å². The van der Waals surface area contributed by atoms with Crippen molar-refractivity contribution in [1.82, 2.24) is 5.32 Å². The minimum Gasteiger partial charge on any atom is -0.336 e. The van der Waals surface area contributed by atoms with Crippen LogP contribution in [-0.2, 0) is 11.2 Å².